The Morgan fingerprint density at radius 2 is 1.64 bits per heavy atom. The Labute approximate surface area is 178 Å². The van der Waals surface area contributed by atoms with Gasteiger partial charge in [0.25, 0.3) is 0 Å². The number of nitrogens with zero attached hydrogens (tertiary/aromatic N) is 3. The van der Waals surface area contributed by atoms with Gasteiger partial charge in [-0.25, -0.2) is 9.37 Å². The molecular formula is C21H20Cl2FN3S. The molecule has 3 aromatic rings. The molecule has 1 aliphatic rings. The number of hydrogen-bond acceptors (Lipinski definition) is 4. The number of hydrogen-bond donors (Lipinski definition) is 0. The molecule has 28 heavy (non-hydrogen) atoms. The third kappa shape index (κ3) is 4.73. The van der Waals surface area contributed by atoms with Gasteiger partial charge >= 0.3 is 0 Å². The second-order valence-electron chi connectivity index (χ2n) is 6.92. The van der Waals surface area contributed by atoms with Gasteiger partial charge < -0.3 is 0 Å². The van der Waals surface area contributed by atoms with Crippen LogP contribution in [0, 0.1) is 5.82 Å². The van der Waals surface area contributed by atoms with E-state index in [9.17, 15) is 4.39 Å². The van der Waals surface area contributed by atoms with Gasteiger partial charge in [-0.1, -0.05) is 47.5 Å². The van der Waals surface area contributed by atoms with Crippen LogP contribution in [0.3, 0.4) is 0 Å². The van der Waals surface area contributed by atoms with Crippen molar-refractivity contribution in [1.29, 1.82) is 0 Å². The second-order valence-corrected chi connectivity index (χ2v) is 8.60. The molecule has 0 spiro atoms. The number of rotatable bonds is 5. The van der Waals surface area contributed by atoms with Gasteiger partial charge in [0.05, 0.1) is 15.7 Å². The SMILES string of the molecule is Fc1ccc(CN2CCN(Cc3csc(-c4ccccc4Cl)n3)CC2)cc1Cl. The average Bonchev–Trinajstić information content (AvgIpc) is 3.15. The number of aromatic nitrogens is 1. The fourth-order valence-electron chi connectivity index (χ4n) is 3.37. The third-order valence-corrected chi connectivity index (χ3v) is 6.44. The molecule has 4 rings (SSSR count). The molecule has 7 heteroatoms. The highest BCUT2D eigenvalue weighted by Crippen LogP contribution is 2.30. The summed E-state index contributed by atoms with van der Waals surface area (Å²) in [4.78, 5) is 9.56. The zero-order chi connectivity index (χ0) is 19.5. The topological polar surface area (TPSA) is 19.4 Å². The van der Waals surface area contributed by atoms with Crippen LogP contribution in [-0.4, -0.2) is 41.0 Å². The summed E-state index contributed by atoms with van der Waals surface area (Å²) >= 11 is 13.8. The summed E-state index contributed by atoms with van der Waals surface area (Å²) < 4.78 is 13.3. The molecule has 1 aromatic heterocycles. The molecule has 2 heterocycles. The summed E-state index contributed by atoms with van der Waals surface area (Å²) in [5.74, 6) is -0.366. The molecule has 1 aliphatic heterocycles. The van der Waals surface area contributed by atoms with E-state index in [1.54, 1.807) is 23.5 Å². The van der Waals surface area contributed by atoms with Crippen molar-refractivity contribution in [1.82, 2.24) is 14.8 Å². The van der Waals surface area contributed by atoms with Crippen molar-refractivity contribution in [3.05, 3.63) is 75.0 Å². The van der Waals surface area contributed by atoms with Gasteiger partial charge in [0.1, 0.15) is 10.8 Å². The molecule has 0 unspecified atom stereocenters. The number of piperazine rings is 1. The zero-order valence-corrected chi connectivity index (χ0v) is 17.6. The van der Waals surface area contributed by atoms with E-state index in [1.807, 2.05) is 24.3 Å². The Hall–Kier alpha value is -1.50. The van der Waals surface area contributed by atoms with Gasteiger partial charge in [0, 0.05) is 50.2 Å². The van der Waals surface area contributed by atoms with Gasteiger partial charge in [0.2, 0.25) is 0 Å². The molecule has 0 N–H and O–H groups in total. The maximum atomic E-state index is 13.3. The van der Waals surface area contributed by atoms with Crippen LogP contribution in [0.5, 0.6) is 0 Å². The largest absolute Gasteiger partial charge is 0.297 e. The first-order chi connectivity index (χ1) is 13.6. The third-order valence-electron chi connectivity index (χ3n) is 4.90. The highest BCUT2D eigenvalue weighted by atomic mass is 35.5. The van der Waals surface area contributed by atoms with Crippen LogP contribution in [0.15, 0.2) is 47.8 Å². The lowest BCUT2D eigenvalue weighted by molar-refractivity contribution is 0.121. The molecular weight excluding hydrogens is 416 g/mol. The maximum Gasteiger partial charge on any atom is 0.141 e. The Morgan fingerprint density at radius 3 is 2.36 bits per heavy atom. The van der Waals surface area contributed by atoms with Crippen molar-refractivity contribution in [2.45, 2.75) is 13.1 Å². The Balaban J connectivity index is 1.31. The van der Waals surface area contributed by atoms with Gasteiger partial charge in [-0.2, -0.15) is 0 Å². The molecule has 146 valence electrons. The van der Waals surface area contributed by atoms with Crippen LogP contribution in [0.2, 0.25) is 10.0 Å². The average molecular weight is 436 g/mol. The molecule has 0 radical (unpaired) electrons. The predicted octanol–water partition coefficient (Wildman–Crippen LogP) is 5.57. The predicted molar refractivity (Wildman–Crippen MR) is 115 cm³/mol. The molecule has 2 aromatic carbocycles. The molecule has 0 aliphatic carbocycles. The van der Waals surface area contributed by atoms with E-state index in [-0.39, 0.29) is 10.8 Å². The minimum Gasteiger partial charge on any atom is -0.297 e. The monoisotopic (exact) mass is 435 g/mol. The van der Waals surface area contributed by atoms with E-state index in [0.29, 0.717) is 0 Å². The van der Waals surface area contributed by atoms with Gasteiger partial charge in [-0.05, 0) is 23.8 Å². The van der Waals surface area contributed by atoms with Gasteiger partial charge in [-0.3, -0.25) is 9.80 Å². The lowest BCUT2D eigenvalue weighted by Gasteiger charge is -2.34. The molecule has 3 nitrogen and oxygen atoms in total. The summed E-state index contributed by atoms with van der Waals surface area (Å²) in [7, 11) is 0. The number of halogens is 3. The maximum absolute atomic E-state index is 13.3. The van der Waals surface area contributed by atoms with Gasteiger partial charge in [0.15, 0.2) is 0 Å². The van der Waals surface area contributed by atoms with E-state index in [2.05, 4.69) is 15.2 Å². The van der Waals surface area contributed by atoms with Crippen LogP contribution < -0.4 is 0 Å². The molecule has 1 saturated heterocycles. The lowest BCUT2D eigenvalue weighted by Crippen LogP contribution is -2.45. The first-order valence-corrected chi connectivity index (χ1v) is 10.8. The minimum absolute atomic E-state index is 0.189. The smallest absolute Gasteiger partial charge is 0.141 e. The highest BCUT2D eigenvalue weighted by molar-refractivity contribution is 7.13. The first kappa shape index (κ1) is 19.8. The molecule has 0 bridgehead atoms. The van der Waals surface area contributed by atoms with E-state index < -0.39 is 0 Å². The molecule has 0 amide bonds. The Morgan fingerprint density at radius 1 is 0.929 bits per heavy atom. The van der Waals surface area contributed by atoms with Crippen LogP contribution in [-0.2, 0) is 13.1 Å². The first-order valence-electron chi connectivity index (χ1n) is 9.16. The van der Waals surface area contributed by atoms with E-state index in [1.165, 1.54) is 6.07 Å². The fourth-order valence-corrected chi connectivity index (χ4v) is 4.70. The highest BCUT2D eigenvalue weighted by Gasteiger charge is 2.19. The van der Waals surface area contributed by atoms with Crippen LogP contribution >= 0.6 is 34.5 Å². The Kier molecular flexibility index (Phi) is 6.28. The zero-order valence-electron chi connectivity index (χ0n) is 15.2. The standard InChI is InChI=1S/C21H20Cl2FN3S/c22-18-4-2-1-3-17(18)21-25-16(14-28-21)13-27-9-7-26(8-10-27)12-15-5-6-20(24)19(23)11-15/h1-6,11,14H,7-10,12-13H2. The summed E-state index contributed by atoms with van der Waals surface area (Å²) in [5, 5.41) is 4.00. The second kappa shape index (κ2) is 8.89. The van der Waals surface area contributed by atoms with Crippen LogP contribution in [0.4, 0.5) is 4.39 Å². The van der Waals surface area contributed by atoms with Crippen molar-refractivity contribution in [3.63, 3.8) is 0 Å². The van der Waals surface area contributed by atoms with Crippen molar-refractivity contribution in [2.75, 3.05) is 26.2 Å². The van der Waals surface area contributed by atoms with Crippen LogP contribution in [0.1, 0.15) is 11.3 Å². The fraction of sp³-hybridized carbons (Fsp3) is 0.286. The van der Waals surface area contributed by atoms with E-state index >= 15 is 0 Å². The molecule has 1 fully saturated rings. The normalized spacial score (nSPS) is 15.8. The van der Waals surface area contributed by atoms with Crippen LogP contribution in [0.25, 0.3) is 10.6 Å². The quantitative estimate of drug-likeness (QED) is 0.521. The van der Waals surface area contributed by atoms with E-state index in [4.69, 9.17) is 28.2 Å². The van der Waals surface area contributed by atoms with Crippen molar-refractivity contribution in [2.24, 2.45) is 0 Å². The van der Waals surface area contributed by atoms with Crippen molar-refractivity contribution >= 4 is 34.5 Å². The summed E-state index contributed by atoms with van der Waals surface area (Å²) in [6, 6.07) is 12.8. The van der Waals surface area contributed by atoms with Crippen molar-refractivity contribution in [3.8, 4) is 10.6 Å². The minimum atomic E-state index is -0.366. The number of thiazole rings is 1. The molecule has 0 saturated carbocycles. The number of benzene rings is 2. The summed E-state index contributed by atoms with van der Waals surface area (Å²) in [6.45, 7) is 5.53. The summed E-state index contributed by atoms with van der Waals surface area (Å²) in [5.41, 5.74) is 3.12. The summed E-state index contributed by atoms with van der Waals surface area (Å²) in [6.07, 6.45) is 0. The Bertz CT molecular complexity index is 954. The van der Waals surface area contributed by atoms with E-state index in [0.717, 1.165) is 66.1 Å². The van der Waals surface area contributed by atoms with Crippen molar-refractivity contribution < 1.29 is 4.39 Å². The lowest BCUT2D eigenvalue weighted by atomic mass is 10.2. The van der Waals surface area contributed by atoms with Gasteiger partial charge in [-0.15, -0.1) is 11.3 Å². The molecule has 0 atom stereocenters.